The Bertz CT molecular complexity index is 804. The summed E-state index contributed by atoms with van der Waals surface area (Å²) in [5.41, 5.74) is -0.156. The molecule has 0 spiro atoms. The number of ketones is 1. The molecule has 4 bridgehead atoms. The fourth-order valence-corrected chi connectivity index (χ4v) is 3.44. The number of benzene rings is 2. The second kappa shape index (κ2) is 3.74. The first-order valence-electron chi connectivity index (χ1n) is 6.53. The van der Waals surface area contributed by atoms with Crippen LogP contribution in [-0.2, 0) is 5.54 Å². The molecule has 2 atom stereocenters. The summed E-state index contributed by atoms with van der Waals surface area (Å²) in [6, 6.07) is 9.26. The van der Waals surface area contributed by atoms with Crippen molar-refractivity contribution in [3.05, 3.63) is 70.0 Å². The monoisotopic (exact) mass is 289 g/mol. The molecule has 0 radical (unpaired) electrons. The molecule has 3 aliphatic rings. The summed E-state index contributed by atoms with van der Waals surface area (Å²) in [7, 11) is 0. The molecule has 1 aliphatic heterocycles. The molecule has 21 heavy (non-hydrogen) atoms. The van der Waals surface area contributed by atoms with Crippen molar-refractivity contribution in [2.24, 2.45) is 0 Å². The van der Waals surface area contributed by atoms with E-state index in [1.54, 1.807) is 31.2 Å². The number of fused-ring (bicyclic) bond motifs is 1. The van der Waals surface area contributed by atoms with Gasteiger partial charge in [-0.1, -0.05) is 29.4 Å². The maximum absolute atomic E-state index is 14.6. The van der Waals surface area contributed by atoms with Gasteiger partial charge in [0.05, 0.1) is 0 Å². The summed E-state index contributed by atoms with van der Waals surface area (Å²) in [6.07, 6.45) is -2.42. The first-order chi connectivity index (χ1) is 9.99. The van der Waals surface area contributed by atoms with Crippen LogP contribution in [0, 0.1) is 12.7 Å². The lowest BCUT2D eigenvalue weighted by Crippen LogP contribution is -2.59. The molecule has 2 aromatic carbocycles. The first-order valence-corrected chi connectivity index (χ1v) is 6.53. The molecule has 106 valence electrons. The van der Waals surface area contributed by atoms with Crippen LogP contribution in [-0.4, -0.2) is 17.2 Å². The zero-order chi connectivity index (χ0) is 14.9. The number of halogens is 3. The predicted octanol–water partition coefficient (Wildman–Crippen LogP) is 3.42. The largest absolute Gasteiger partial charge is 0.289 e. The number of carbonyl (C=O) groups is 1. The van der Waals surface area contributed by atoms with Crippen molar-refractivity contribution < 1.29 is 18.1 Å². The van der Waals surface area contributed by atoms with E-state index in [-0.39, 0.29) is 16.2 Å². The molecule has 0 saturated heterocycles. The average Bonchev–Trinajstić information content (AvgIpc) is 2.45. The van der Waals surface area contributed by atoms with Crippen LogP contribution in [0.15, 0.2) is 36.4 Å². The summed E-state index contributed by atoms with van der Waals surface area (Å²) in [5.74, 6) is -1.73. The minimum atomic E-state index is -2.42. The molecule has 0 N–H and O–H groups in total. The number of Topliss-reactive ketones (excluding diaryl/α,β-unsaturated/α-hetero) is 1. The Kier molecular flexibility index (Phi) is 2.24. The Labute approximate surface area is 118 Å². The third-order valence-corrected chi connectivity index (χ3v) is 4.42. The minimum Gasteiger partial charge on any atom is -0.289 e. The molecule has 2 unspecified atom stereocenters. The van der Waals surface area contributed by atoms with Crippen LogP contribution in [0.5, 0.6) is 0 Å². The van der Waals surface area contributed by atoms with Gasteiger partial charge in [0.1, 0.15) is 11.4 Å². The summed E-state index contributed by atoms with van der Waals surface area (Å²) in [6.45, 7) is 1.75. The molecule has 2 nitrogen and oxygen atoms in total. The topological polar surface area (TPSA) is 20.3 Å². The number of alkyl halides is 1. The SMILES string of the molecule is Cc1ccccc1C12c3cc1c(cc3F)C(=O)C(F)N2F. The molecule has 0 amide bonds. The first kappa shape index (κ1) is 12.6. The number of nitrogens with zero attached hydrogens (tertiary/aromatic N) is 1. The number of carbonyl (C=O) groups excluding carboxylic acids is 1. The summed E-state index contributed by atoms with van der Waals surface area (Å²) in [5, 5.41) is -0.154. The van der Waals surface area contributed by atoms with E-state index in [0.29, 0.717) is 16.7 Å². The lowest BCUT2D eigenvalue weighted by Gasteiger charge is -2.51. The molecule has 5 heteroatoms. The second-order valence-corrected chi connectivity index (χ2v) is 5.41. The molecule has 1 heterocycles. The Morgan fingerprint density at radius 1 is 1.14 bits per heavy atom. The van der Waals surface area contributed by atoms with Gasteiger partial charge in [-0.3, -0.25) is 4.79 Å². The second-order valence-electron chi connectivity index (χ2n) is 5.41. The van der Waals surface area contributed by atoms with Gasteiger partial charge in [0.2, 0.25) is 12.1 Å². The molecule has 2 aromatic rings. The van der Waals surface area contributed by atoms with E-state index >= 15 is 0 Å². The number of hydrogen-bond acceptors (Lipinski definition) is 2. The van der Waals surface area contributed by atoms with Gasteiger partial charge in [-0.25, -0.2) is 8.78 Å². The van der Waals surface area contributed by atoms with Gasteiger partial charge in [0.25, 0.3) is 0 Å². The lowest BCUT2D eigenvalue weighted by atomic mass is 9.62. The van der Waals surface area contributed by atoms with Crippen molar-refractivity contribution in [1.29, 1.82) is 0 Å². The van der Waals surface area contributed by atoms with Gasteiger partial charge in [-0.2, -0.15) is 0 Å². The van der Waals surface area contributed by atoms with Crippen LogP contribution in [0.25, 0.3) is 0 Å². The van der Waals surface area contributed by atoms with Crippen LogP contribution >= 0.6 is 0 Å². The van der Waals surface area contributed by atoms with E-state index in [9.17, 15) is 18.1 Å². The van der Waals surface area contributed by atoms with Crippen molar-refractivity contribution in [2.45, 2.75) is 18.8 Å². The highest BCUT2D eigenvalue weighted by Crippen LogP contribution is 2.56. The molecule has 0 aromatic heterocycles. The van der Waals surface area contributed by atoms with Crippen LogP contribution in [0.2, 0.25) is 0 Å². The molecule has 2 aliphatic carbocycles. The van der Waals surface area contributed by atoms with Crippen LogP contribution in [0.4, 0.5) is 13.3 Å². The van der Waals surface area contributed by atoms with E-state index in [2.05, 4.69) is 0 Å². The third kappa shape index (κ3) is 1.21. The number of rotatable bonds is 1. The summed E-state index contributed by atoms with van der Waals surface area (Å²) in [4.78, 5) is 11.8. The van der Waals surface area contributed by atoms with Crippen molar-refractivity contribution in [3.8, 4) is 0 Å². The zero-order valence-corrected chi connectivity index (χ0v) is 11.0. The zero-order valence-electron chi connectivity index (χ0n) is 11.0. The fourth-order valence-electron chi connectivity index (χ4n) is 3.44. The minimum absolute atomic E-state index is 0.0631. The van der Waals surface area contributed by atoms with Crippen LogP contribution in [0.1, 0.15) is 32.6 Å². The van der Waals surface area contributed by atoms with Crippen molar-refractivity contribution in [3.63, 3.8) is 0 Å². The Balaban J connectivity index is 2.10. The van der Waals surface area contributed by atoms with Gasteiger partial charge < -0.3 is 0 Å². The molecular weight excluding hydrogens is 279 g/mol. The van der Waals surface area contributed by atoms with Crippen LogP contribution in [0.3, 0.4) is 0 Å². The maximum atomic E-state index is 14.6. The highest BCUT2D eigenvalue weighted by Gasteiger charge is 2.61. The Morgan fingerprint density at radius 2 is 1.86 bits per heavy atom. The Morgan fingerprint density at radius 3 is 2.52 bits per heavy atom. The van der Waals surface area contributed by atoms with Crippen molar-refractivity contribution in [2.75, 3.05) is 0 Å². The van der Waals surface area contributed by atoms with Gasteiger partial charge in [0, 0.05) is 11.1 Å². The molecule has 0 saturated carbocycles. The standard InChI is InChI=1S/C16H10F3NO/c1-8-4-2-3-5-10(8)16-11-7-12(16)13(17)6-9(11)14(21)15(18)20(16)19/h2-7,15H,1H3. The predicted molar refractivity (Wildman–Crippen MR) is 69.6 cm³/mol. The fraction of sp³-hybridized carbons (Fsp3) is 0.188. The highest BCUT2D eigenvalue weighted by atomic mass is 19.2. The van der Waals surface area contributed by atoms with Gasteiger partial charge in [0.15, 0.2) is 0 Å². The van der Waals surface area contributed by atoms with Gasteiger partial charge >= 0.3 is 0 Å². The van der Waals surface area contributed by atoms with E-state index in [4.69, 9.17) is 0 Å². The number of aryl methyl sites for hydroxylation is 1. The average molecular weight is 289 g/mol. The highest BCUT2D eigenvalue weighted by molar-refractivity contribution is 6.04. The Hall–Kier alpha value is -2.14. The van der Waals surface area contributed by atoms with E-state index in [1.807, 2.05) is 0 Å². The molecular formula is C16H10F3NO. The third-order valence-electron chi connectivity index (χ3n) is 4.42. The molecule has 0 fully saturated rings. The summed E-state index contributed by atoms with van der Waals surface area (Å²) < 4.78 is 42.9. The quantitative estimate of drug-likeness (QED) is 0.592. The summed E-state index contributed by atoms with van der Waals surface area (Å²) >= 11 is 0. The van der Waals surface area contributed by atoms with E-state index in [1.165, 1.54) is 6.07 Å². The number of hydrogen-bond donors (Lipinski definition) is 0. The lowest BCUT2D eigenvalue weighted by molar-refractivity contribution is -0.130. The van der Waals surface area contributed by atoms with Crippen LogP contribution < -0.4 is 0 Å². The van der Waals surface area contributed by atoms with Crippen molar-refractivity contribution >= 4 is 5.78 Å². The molecule has 5 rings (SSSR count). The van der Waals surface area contributed by atoms with E-state index < -0.39 is 23.4 Å². The maximum Gasteiger partial charge on any atom is 0.244 e. The normalized spacial score (nSPS) is 26.7. The van der Waals surface area contributed by atoms with Gasteiger partial charge in [-0.15, -0.1) is 4.48 Å². The van der Waals surface area contributed by atoms with Gasteiger partial charge in [-0.05, 0) is 35.7 Å². The smallest absolute Gasteiger partial charge is 0.244 e. The van der Waals surface area contributed by atoms with E-state index in [0.717, 1.165) is 6.07 Å². The van der Waals surface area contributed by atoms with Crippen molar-refractivity contribution in [1.82, 2.24) is 5.12 Å².